The summed E-state index contributed by atoms with van der Waals surface area (Å²) in [6.45, 7) is 6.21. The molecule has 2 saturated heterocycles. The van der Waals surface area contributed by atoms with Crippen LogP contribution >= 0.6 is 0 Å². The molecular formula is C17H29N3O4. The Labute approximate surface area is 143 Å². The SMILES string of the molecule is COCCC(=O)N1CCC(NC(=O)C2CC(=O)N(C(C)C)C2)CC1. The highest BCUT2D eigenvalue weighted by Gasteiger charge is 2.36. The number of likely N-dealkylation sites (tertiary alicyclic amines) is 2. The van der Waals surface area contributed by atoms with E-state index in [2.05, 4.69) is 5.32 Å². The first-order chi connectivity index (χ1) is 11.4. The molecule has 0 aromatic heterocycles. The molecule has 24 heavy (non-hydrogen) atoms. The van der Waals surface area contributed by atoms with Gasteiger partial charge in [0.15, 0.2) is 0 Å². The minimum absolute atomic E-state index is 0.0318. The van der Waals surface area contributed by atoms with E-state index < -0.39 is 0 Å². The van der Waals surface area contributed by atoms with Crippen molar-refractivity contribution >= 4 is 17.7 Å². The Balaban J connectivity index is 1.75. The first-order valence-electron chi connectivity index (χ1n) is 8.79. The predicted molar refractivity (Wildman–Crippen MR) is 89.2 cm³/mol. The van der Waals surface area contributed by atoms with Crippen LogP contribution < -0.4 is 5.32 Å². The Kier molecular flexibility index (Phi) is 6.60. The first-order valence-corrected chi connectivity index (χ1v) is 8.79. The van der Waals surface area contributed by atoms with Crippen molar-refractivity contribution in [3.8, 4) is 0 Å². The van der Waals surface area contributed by atoms with Gasteiger partial charge in [-0.3, -0.25) is 14.4 Å². The summed E-state index contributed by atoms with van der Waals surface area (Å²) in [6.07, 6.45) is 2.24. The maximum absolute atomic E-state index is 12.4. The van der Waals surface area contributed by atoms with Crippen molar-refractivity contribution in [2.75, 3.05) is 33.4 Å². The average Bonchev–Trinajstić information content (AvgIpc) is 2.95. The molecule has 0 saturated carbocycles. The van der Waals surface area contributed by atoms with Gasteiger partial charge in [0.2, 0.25) is 17.7 Å². The summed E-state index contributed by atoms with van der Waals surface area (Å²) in [6, 6.07) is 0.226. The Morgan fingerprint density at radius 1 is 1.29 bits per heavy atom. The van der Waals surface area contributed by atoms with Gasteiger partial charge < -0.3 is 19.9 Å². The van der Waals surface area contributed by atoms with Gasteiger partial charge in [0.05, 0.1) is 18.9 Å². The van der Waals surface area contributed by atoms with Gasteiger partial charge in [0.25, 0.3) is 0 Å². The minimum Gasteiger partial charge on any atom is -0.384 e. The fraction of sp³-hybridized carbons (Fsp3) is 0.824. The van der Waals surface area contributed by atoms with Crippen molar-refractivity contribution in [1.29, 1.82) is 0 Å². The fourth-order valence-corrected chi connectivity index (χ4v) is 3.35. The number of ether oxygens (including phenoxy) is 1. The zero-order chi connectivity index (χ0) is 17.7. The third kappa shape index (κ3) is 4.69. The molecular weight excluding hydrogens is 310 g/mol. The Morgan fingerprint density at radius 2 is 1.96 bits per heavy atom. The molecule has 0 aromatic carbocycles. The van der Waals surface area contributed by atoms with E-state index in [1.165, 1.54) is 0 Å². The molecule has 2 aliphatic heterocycles. The van der Waals surface area contributed by atoms with E-state index in [4.69, 9.17) is 4.74 Å². The molecule has 0 aliphatic carbocycles. The second-order valence-corrected chi connectivity index (χ2v) is 6.95. The Hall–Kier alpha value is -1.63. The molecule has 2 fully saturated rings. The van der Waals surface area contributed by atoms with Gasteiger partial charge in [0, 0.05) is 45.2 Å². The average molecular weight is 339 g/mol. The third-order valence-electron chi connectivity index (χ3n) is 4.87. The number of carbonyl (C=O) groups is 3. The normalized spacial score (nSPS) is 22.3. The summed E-state index contributed by atoms with van der Waals surface area (Å²) in [7, 11) is 1.59. The van der Waals surface area contributed by atoms with Crippen LogP contribution in [-0.4, -0.2) is 73.0 Å². The molecule has 0 radical (unpaired) electrons. The molecule has 2 rings (SSSR count). The predicted octanol–water partition coefficient (Wildman–Crippen LogP) is 0.387. The lowest BCUT2D eigenvalue weighted by molar-refractivity contribution is -0.133. The van der Waals surface area contributed by atoms with Crippen LogP contribution in [0.4, 0.5) is 0 Å². The molecule has 1 atom stereocenters. The molecule has 0 bridgehead atoms. The van der Waals surface area contributed by atoms with Crippen LogP contribution in [0.15, 0.2) is 0 Å². The minimum atomic E-state index is -0.249. The van der Waals surface area contributed by atoms with Crippen LogP contribution in [0.1, 0.15) is 39.5 Å². The molecule has 2 heterocycles. The van der Waals surface area contributed by atoms with Gasteiger partial charge in [-0.15, -0.1) is 0 Å². The van der Waals surface area contributed by atoms with Gasteiger partial charge in [-0.1, -0.05) is 0 Å². The number of hydrogen-bond donors (Lipinski definition) is 1. The van der Waals surface area contributed by atoms with E-state index in [-0.39, 0.29) is 35.7 Å². The summed E-state index contributed by atoms with van der Waals surface area (Å²) in [5, 5.41) is 3.06. The first kappa shape index (κ1) is 18.7. The summed E-state index contributed by atoms with van der Waals surface area (Å²) in [4.78, 5) is 39.9. The lowest BCUT2D eigenvalue weighted by Crippen LogP contribution is -2.48. The molecule has 0 spiro atoms. The smallest absolute Gasteiger partial charge is 0.225 e. The summed E-state index contributed by atoms with van der Waals surface area (Å²) < 4.78 is 4.93. The van der Waals surface area contributed by atoms with Crippen LogP contribution in [-0.2, 0) is 19.1 Å². The molecule has 136 valence electrons. The quantitative estimate of drug-likeness (QED) is 0.759. The topological polar surface area (TPSA) is 79.0 Å². The number of carbonyl (C=O) groups excluding carboxylic acids is 3. The van der Waals surface area contributed by atoms with E-state index >= 15 is 0 Å². The number of nitrogens with one attached hydrogen (secondary N) is 1. The van der Waals surface area contributed by atoms with Gasteiger partial charge >= 0.3 is 0 Å². The third-order valence-corrected chi connectivity index (χ3v) is 4.87. The molecule has 7 nitrogen and oxygen atoms in total. The Morgan fingerprint density at radius 3 is 2.50 bits per heavy atom. The summed E-state index contributed by atoms with van der Waals surface area (Å²) in [5.74, 6) is -0.115. The lowest BCUT2D eigenvalue weighted by atomic mass is 10.0. The monoisotopic (exact) mass is 339 g/mol. The highest BCUT2D eigenvalue weighted by molar-refractivity contribution is 5.89. The highest BCUT2D eigenvalue weighted by Crippen LogP contribution is 2.21. The number of methoxy groups -OCH3 is 1. The van der Waals surface area contributed by atoms with Crippen LogP contribution in [0, 0.1) is 5.92 Å². The number of rotatable bonds is 6. The van der Waals surface area contributed by atoms with Crippen LogP contribution in [0.3, 0.4) is 0 Å². The zero-order valence-electron chi connectivity index (χ0n) is 14.9. The number of piperidine rings is 1. The van der Waals surface area contributed by atoms with E-state index in [9.17, 15) is 14.4 Å². The number of amides is 3. The summed E-state index contributed by atoms with van der Waals surface area (Å²) in [5.41, 5.74) is 0. The molecule has 3 amide bonds. The number of nitrogens with zero attached hydrogens (tertiary/aromatic N) is 2. The molecule has 2 aliphatic rings. The fourth-order valence-electron chi connectivity index (χ4n) is 3.35. The van der Waals surface area contributed by atoms with E-state index in [1.807, 2.05) is 18.7 Å². The van der Waals surface area contributed by atoms with Crippen LogP contribution in [0.25, 0.3) is 0 Å². The highest BCUT2D eigenvalue weighted by atomic mass is 16.5. The van der Waals surface area contributed by atoms with Crippen LogP contribution in [0.5, 0.6) is 0 Å². The molecule has 1 unspecified atom stereocenters. The van der Waals surface area contributed by atoms with Crippen LogP contribution in [0.2, 0.25) is 0 Å². The molecule has 0 aromatic rings. The number of hydrogen-bond acceptors (Lipinski definition) is 4. The van der Waals surface area contributed by atoms with E-state index in [0.29, 0.717) is 39.1 Å². The maximum atomic E-state index is 12.4. The molecule has 1 N–H and O–H groups in total. The summed E-state index contributed by atoms with van der Waals surface area (Å²) >= 11 is 0. The van der Waals surface area contributed by atoms with Crippen molar-refractivity contribution in [3.63, 3.8) is 0 Å². The lowest BCUT2D eigenvalue weighted by Gasteiger charge is -2.33. The van der Waals surface area contributed by atoms with Gasteiger partial charge in [-0.25, -0.2) is 0 Å². The van der Waals surface area contributed by atoms with Gasteiger partial charge in [0.1, 0.15) is 0 Å². The second kappa shape index (κ2) is 8.46. The van der Waals surface area contributed by atoms with Gasteiger partial charge in [-0.2, -0.15) is 0 Å². The van der Waals surface area contributed by atoms with Crippen molar-refractivity contribution in [2.45, 2.75) is 51.6 Å². The van der Waals surface area contributed by atoms with Gasteiger partial charge in [-0.05, 0) is 26.7 Å². The zero-order valence-corrected chi connectivity index (χ0v) is 14.9. The van der Waals surface area contributed by atoms with Crippen molar-refractivity contribution in [3.05, 3.63) is 0 Å². The molecule has 7 heteroatoms. The van der Waals surface area contributed by atoms with E-state index in [1.54, 1.807) is 12.0 Å². The standard InChI is InChI=1S/C17H29N3O4/c1-12(2)20-11-13(10-16(20)22)17(23)18-14-4-7-19(8-5-14)15(21)6-9-24-3/h12-14H,4-11H2,1-3H3,(H,18,23). The maximum Gasteiger partial charge on any atom is 0.225 e. The Bertz CT molecular complexity index is 472. The van der Waals surface area contributed by atoms with Crippen molar-refractivity contribution in [2.24, 2.45) is 5.92 Å². The second-order valence-electron chi connectivity index (χ2n) is 6.95. The largest absolute Gasteiger partial charge is 0.384 e. The van der Waals surface area contributed by atoms with Crippen molar-refractivity contribution in [1.82, 2.24) is 15.1 Å². The van der Waals surface area contributed by atoms with E-state index in [0.717, 1.165) is 12.8 Å². The van der Waals surface area contributed by atoms with Crippen molar-refractivity contribution < 1.29 is 19.1 Å².